The van der Waals surface area contributed by atoms with Crippen molar-refractivity contribution in [3.8, 4) is 0 Å². The van der Waals surface area contributed by atoms with Crippen LogP contribution in [0.3, 0.4) is 0 Å². The second kappa shape index (κ2) is 4.77. The second-order valence-electron chi connectivity index (χ2n) is 6.67. The van der Waals surface area contributed by atoms with Crippen molar-refractivity contribution in [2.45, 2.75) is 50.5 Å². The Bertz CT molecular complexity index is 577. The summed E-state index contributed by atoms with van der Waals surface area (Å²) < 4.78 is 5.50. The van der Waals surface area contributed by atoms with E-state index in [1.165, 1.54) is 6.92 Å². The summed E-state index contributed by atoms with van der Waals surface area (Å²) in [7, 11) is 0. The number of alkyl halides is 1. The number of fused-ring (bicyclic) bond motifs is 2. The average Bonchev–Trinajstić information content (AvgIpc) is 2.77. The first kappa shape index (κ1) is 14.9. The number of carbonyl (C=O) groups is 3. The standard InChI is InChI=1S/C16H19BrO4/c1-7(2)12-13-9(8(3)18)6-10(14(12)17)16(15(13)20)5-4-11(19)21-16/h7,10,12,14H,4-6H2,1-3H3. The van der Waals surface area contributed by atoms with Gasteiger partial charge in [0.15, 0.2) is 11.4 Å². The Morgan fingerprint density at radius 1 is 1.38 bits per heavy atom. The van der Waals surface area contributed by atoms with Gasteiger partial charge in [-0.05, 0) is 19.3 Å². The molecule has 114 valence electrons. The molecular weight excluding hydrogens is 336 g/mol. The molecule has 4 nitrogen and oxygen atoms in total. The third-order valence-electron chi connectivity index (χ3n) is 5.18. The predicted molar refractivity (Wildman–Crippen MR) is 79.9 cm³/mol. The van der Waals surface area contributed by atoms with E-state index in [9.17, 15) is 14.4 Å². The van der Waals surface area contributed by atoms with Gasteiger partial charge in [-0.1, -0.05) is 29.8 Å². The summed E-state index contributed by atoms with van der Waals surface area (Å²) in [6.07, 6.45) is 1.26. The molecule has 1 saturated carbocycles. The van der Waals surface area contributed by atoms with Crippen molar-refractivity contribution >= 4 is 33.5 Å². The van der Waals surface area contributed by atoms with Crippen molar-refractivity contribution in [1.82, 2.24) is 0 Å². The Morgan fingerprint density at radius 2 is 2.05 bits per heavy atom. The lowest BCUT2D eigenvalue weighted by atomic mass is 9.56. The summed E-state index contributed by atoms with van der Waals surface area (Å²) in [5.74, 6) is -0.335. The zero-order valence-electron chi connectivity index (χ0n) is 12.4. The van der Waals surface area contributed by atoms with Gasteiger partial charge in [0.2, 0.25) is 5.78 Å². The van der Waals surface area contributed by atoms with Gasteiger partial charge in [0.05, 0.1) is 0 Å². The highest BCUT2D eigenvalue weighted by molar-refractivity contribution is 9.09. The van der Waals surface area contributed by atoms with E-state index in [1.54, 1.807) is 0 Å². The number of allylic oxidation sites excluding steroid dienone is 1. The van der Waals surface area contributed by atoms with Gasteiger partial charge in [0.25, 0.3) is 0 Å². The molecule has 21 heavy (non-hydrogen) atoms. The van der Waals surface area contributed by atoms with Gasteiger partial charge in [0.1, 0.15) is 0 Å². The van der Waals surface area contributed by atoms with E-state index in [0.717, 1.165) is 0 Å². The SMILES string of the molecule is CC(=O)C1=C2C(=O)C3(CCC(=O)O3)C(C1)C(Br)C2C(C)C. The molecule has 0 amide bonds. The summed E-state index contributed by atoms with van der Waals surface area (Å²) in [5.41, 5.74) is 0.231. The fourth-order valence-corrected chi connectivity index (χ4v) is 5.70. The van der Waals surface area contributed by atoms with Crippen molar-refractivity contribution in [2.24, 2.45) is 17.8 Å². The third kappa shape index (κ3) is 1.89. The maximum absolute atomic E-state index is 13.0. The molecule has 1 saturated heterocycles. The largest absolute Gasteiger partial charge is 0.450 e. The van der Waals surface area contributed by atoms with Gasteiger partial charge in [-0.2, -0.15) is 0 Å². The molecule has 0 aromatic carbocycles. The van der Waals surface area contributed by atoms with Crippen LogP contribution in [-0.4, -0.2) is 28.0 Å². The highest BCUT2D eigenvalue weighted by Crippen LogP contribution is 2.57. The van der Waals surface area contributed by atoms with E-state index < -0.39 is 5.60 Å². The number of esters is 1. The molecule has 3 aliphatic carbocycles. The molecule has 5 heteroatoms. The zero-order valence-corrected chi connectivity index (χ0v) is 14.0. The Hall–Kier alpha value is -0.970. The van der Waals surface area contributed by atoms with E-state index in [0.29, 0.717) is 24.0 Å². The van der Waals surface area contributed by atoms with Crippen LogP contribution in [-0.2, 0) is 19.1 Å². The van der Waals surface area contributed by atoms with Crippen LogP contribution in [0.5, 0.6) is 0 Å². The van der Waals surface area contributed by atoms with Crippen LogP contribution >= 0.6 is 15.9 Å². The van der Waals surface area contributed by atoms with Crippen LogP contribution in [0, 0.1) is 17.8 Å². The Balaban J connectivity index is 2.16. The van der Waals surface area contributed by atoms with Crippen LogP contribution < -0.4 is 0 Å². The minimum Gasteiger partial charge on any atom is -0.450 e. The Kier molecular flexibility index (Phi) is 3.39. The van der Waals surface area contributed by atoms with Crippen LogP contribution in [0.15, 0.2) is 11.1 Å². The van der Waals surface area contributed by atoms with Crippen molar-refractivity contribution < 1.29 is 19.1 Å². The van der Waals surface area contributed by atoms with Gasteiger partial charge in [-0.25, -0.2) is 0 Å². The first-order chi connectivity index (χ1) is 9.79. The highest BCUT2D eigenvalue weighted by atomic mass is 79.9. The molecule has 1 aliphatic heterocycles. The van der Waals surface area contributed by atoms with Crippen LogP contribution in [0.4, 0.5) is 0 Å². The topological polar surface area (TPSA) is 60.4 Å². The van der Waals surface area contributed by atoms with Gasteiger partial charge >= 0.3 is 5.97 Å². The first-order valence-electron chi connectivity index (χ1n) is 7.44. The third-order valence-corrected chi connectivity index (χ3v) is 6.39. The first-order valence-corrected chi connectivity index (χ1v) is 8.36. The number of ether oxygens (including phenoxy) is 1. The van der Waals surface area contributed by atoms with Crippen molar-refractivity contribution in [1.29, 1.82) is 0 Å². The molecule has 0 aromatic rings. The maximum atomic E-state index is 13.0. The fourth-order valence-electron chi connectivity index (χ4n) is 4.21. The van der Waals surface area contributed by atoms with Gasteiger partial charge in [-0.15, -0.1) is 0 Å². The average molecular weight is 355 g/mol. The summed E-state index contributed by atoms with van der Waals surface area (Å²) in [4.78, 5) is 36.6. The fraction of sp³-hybridized carbons (Fsp3) is 0.688. The van der Waals surface area contributed by atoms with Crippen molar-refractivity contribution in [3.05, 3.63) is 11.1 Å². The predicted octanol–water partition coefficient (Wildman–Crippen LogP) is 2.59. The lowest BCUT2D eigenvalue weighted by Gasteiger charge is -2.52. The number of Topliss-reactive ketones (excluding diaryl/α,β-unsaturated/α-hetero) is 2. The van der Waals surface area contributed by atoms with Crippen molar-refractivity contribution in [3.63, 3.8) is 0 Å². The van der Waals surface area contributed by atoms with Crippen LogP contribution in [0.1, 0.15) is 40.0 Å². The number of hydrogen-bond acceptors (Lipinski definition) is 4. The second-order valence-corrected chi connectivity index (χ2v) is 7.72. The zero-order chi connectivity index (χ0) is 15.5. The molecule has 0 aromatic heterocycles. The monoisotopic (exact) mass is 354 g/mol. The molecule has 4 atom stereocenters. The molecule has 2 bridgehead atoms. The van der Waals surface area contributed by atoms with Crippen LogP contribution in [0.2, 0.25) is 0 Å². The van der Waals surface area contributed by atoms with Crippen molar-refractivity contribution in [2.75, 3.05) is 0 Å². The maximum Gasteiger partial charge on any atom is 0.306 e. The minimum absolute atomic E-state index is 0.0140. The summed E-state index contributed by atoms with van der Waals surface area (Å²) in [5, 5.41) is 0. The molecule has 4 unspecified atom stereocenters. The molecule has 4 rings (SSSR count). The number of ketones is 2. The normalized spacial score (nSPS) is 38.6. The number of hydrogen-bond donors (Lipinski definition) is 0. The molecule has 4 aliphatic rings. The number of halogens is 1. The minimum atomic E-state index is -1.02. The summed E-state index contributed by atoms with van der Waals surface area (Å²) in [6, 6.07) is 0. The van der Waals surface area contributed by atoms with E-state index >= 15 is 0 Å². The van der Waals surface area contributed by atoms with Gasteiger partial charge in [0, 0.05) is 40.7 Å². The van der Waals surface area contributed by atoms with E-state index in [2.05, 4.69) is 29.8 Å². The quantitative estimate of drug-likeness (QED) is 0.564. The highest BCUT2D eigenvalue weighted by Gasteiger charge is 2.64. The lowest BCUT2D eigenvalue weighted by molar-refractivity contribution is -0.165. The lowest BCUT2D eigenvalue weighted by Crippen LogP contribution is -2.61. The summed E-state index contributed by atoms with van der Waals surface area (Å²) in [6.45, 7) is 5.64. The molecule has 1 heterocycles. The van der Waals surface area contributed by atoms with Gasteiger partial charge in [-0.3, -0.25) is 14.4 Å². The van der Waals surface area contributed by atoms with Crippen LogP contribution in [0.25, 0.3) is 0 Å². The Labute approximate surface area is 132 Å². The van der Waals surface area contributed by atoms with E-state index in [4.69, 9.17) is 4.74 Å². The van der Waals surface area contributed by atoms with Gasteiger partial charge < -0.3 is 4.74 Å². The molecule has 2 fully saturated rings. The summed E-state index contributed by atoms with van der Waals surface area (Å²) >= 11 is 3.73. The van der Waals surface area contributed by atoms with E-state index in [-0.39, 0.29) is 46.5 Å². The molecule has 1 spiro atoms. The van der Waals surface area contributed by atoms with E-state index in [1.807, 2.05) is 0 Å². The number of rotatable bonds is 2. The molecule has 0 N–H and O–H groups in total. The Morgan fingerprint density at radius 3 is 2.52 bits per heavy atom. The number of carbonyl (C=O) groups excluding carboxylic acids is 3. The smallest absolute Gasteiger partial charge is 0.306 e. The molecule has 0 radical (unpaired) electrons. The molecular formula is C16H19BrO4.